The Morgan fingerprint density at radius 3 is 2.44 bits per heavy atom. The van der Waals surface area contributed by atoms with Gasteiger partial charge in [-0.15, -0.1) is 0 Å². The fraction of sp³-hybridized carbons (Fsp3) is 0.600. The molecule has 3 nitrogen and oxygen atoms in total. The summed E-state index contributed by atoms with van der Waals surface area (Å²) in [6.45, 7) is 8.39. The van der Waals surface area contributed by atoms with Gasteiger partial charge in [-0.1, -0.05) is 25.1 Å². The lowest BCUT2D eigenvalue weighted by Crippen LogP contribution is -2.11. The van der Waals surface area contributed by atoms with Gasteiger partial charge in [-0.2, -0.15) is 0 Å². The van der Waals surface area contributed by atoms with Crippen LogP contribution in [0.1, 0.15) is 36.1 Å². The molecule has 0 saturated heterocycles. The Bertz CT molecular complexity index is 350. The molecule has 1 aromatic carbocycles. The molecule has 0 amide bonds. The number of aryl methyl sites for hydroxylation is 2. The number of aliphatic hydroxyl groups is 1. The second kappa shape index (κ2) is 8.25. The van der Waals surface area contributed by atoms with Crippen LogP contribution in [-0.2, 0) is 9.47 Å². The highest BCUT2D eigenvalue weighted by Crippen LogP contribution is 2.17. The maximum atomic E-state index is 9.97. The molecule has 1 atom stereocenters. The summed E-state index contributed by atoms with van der Waals surface area (Å²) >= 11 is 0. The lowest BCUT2D eigenvalue weighted by Gasteiger charge is -2.13. The molecule has 1 rings (SSSR count). The number of aliphatic hydroxyl groups excluding tert-OH is 1. The van der Waals surface area contributed by atoms with E-state index >= 15 is 0 Å². The fourth-order valence-corrected chi connectivity index (χ4v) is 1.63. The summed E-state index contributed by atoms with van der Waals surface area (Å²) in [5, 5.41) is 9.97. The maximum Gasteiger partial charge on any atom is 0.102 e. The summed E-state index contributed by atoms with van der Waals surface area (Å²) in [5.41, 5.74) is 3.34. The largest absolute Gasteiger partial charge is 0.386 e. The Morgan fingerprint density at radius 2 is 1.78 bits per heavy atom. The molecule has 1 aromatic rings. The molecule has 1 N–H and O–H groups in total. The molecule has 0 spiro atoms. The average molecular weight is 252 g/mol. The van der Waals surface area contributed by atoms with Crippen molar-refractivity contribution >= 4 is 0 Å². The third kappa shape index (κ3) is 5.17. The van der Waals surface area contributed by atoms with Crippen molar-refractivity contribution in [1.82, 2.24) is 0 Å². The Balaban J connectivity index is 2.27. The van der Waals surface area contributed by atoms with E-state index in [0.717, 1.165) is 18.6 Å². The van der Waals surface area contributed by atoms with Crippen molar-refractivity contribution in [3.05, 3.63) is 34.9 Å². The Kier molecular flexibility index (Phi) is 6.94. The predicted octanol–water partition coefficient (Wildman–Crippen LogP) is 2.78. The first-order valence-electron chi connectivity index (χ1n) is 6.55. The van der Waals surface area contributed by atoms with E-state index in [1.54, 1.807) is 0 Å². The molecule has 0 saturated carbocycles. The lowest BCUT2D eigenvalue weighted by molar-refractivity contribution is 0.00325. The van der Waals surface area contributed by atoms with Crippen LogP contribution in [0.4, 0.5) is 0 Å². The van der Waals surface area contributed by atoms with Crippen molar-refractivity contribution in [3.8, 4) is 0 Å². The Hall–Kier alpha value is -0.900. The maximum absolute atomic E-state index is 9.97. The lowest BCUT2D eigenvalue weighted by atomic mass is 10.0. The second-order valence-electron chi connectivity index (χ2n) is 4.55. The van der Waals surface area contributed by atoms with Gasteiger partial charge in [0.2, 0.25) is 0 Å². The number of hydrogen-bond acceptors (Lipinski definition) is 3. The minimum atomic E-state index is -0.560. The van der Waals surface area contributed by atoms with Gasteiger partial charge in [0.05, 0.1) is 19.8 Å². The molecular formula is C15H24O3. The van der Waals surface area contributed by atoms with E-state index in [1.807, 2.05) is 25.1 Å². The topological polar surface area (TPSA) is 38.7 Å². The van der Waals surface area contributed by atoms with Gasteiger partial charge in [0.1, 0.15) is 6.10 Å². The molecule has 0 aliphatic rings. The van der Waals surface area contributed by atoms with Gasteiger partial charge >= 0.3 is 0 Å². The highest BCUT2D eigenvalue weighted by atomic mass is 16.5. The smallest absolute Gasteiger partial charge is 0.102 e. The van der Waals surface area contributed by atoms with Gasteiger partial charge in [-0.3, -0.25) is 0 Å². The van der Waals surface area contributed by atoms with Crippen LogP contribution in [-0.4, -0.2) is 31.5 Å². The molecule has 0 heterocycles. The van der Waals surface area contributed by atoms with Crippen LogP contribution in [0.3, 0.4) is 0 Å². The van der Waals surface area contributed by atoms with Gasteiger partial charge in [0.25, 0.3) is 0 Å². The van der Waals surface area contributed by atoms with Gasteiger partial charge < -0.3 is 14.6 Å². The Labute approximate surface area is 110 Å². The number of benzene rings is 1. The molecule has 1 unspecified atom stereocenters. The third-order valence-corrected chi connectivity index (χ3v) is 2.91. The van der Waals surface area contributed by atoms with Crippen LogP contribution < -0.4 is 0 Å². The summed E-state index contributed by atoms with van der Waals surface area (Å²) in [5.74, 6) is 0. The van der Waals surface area contributed by atoms with Crippen molar-refractivity contribution < 1.29 is 14.6 Å². The van der Waals surface area contributed by atoms with Crippen LogP contribution in [0.2, 0.25) is 0 Å². The van der Waals surface area contributed by atoms with Crippen molar-refractivity contribution in [1.29, 1.82) is 0 Å². The first kappa shape index (κ1) is 15.2. The third-order valence-electron chi connectivity index (χ3n) is 2.91. The van der Waals surface area contributed by atoms with Crippen LogP contribution in [0.15, 0.2) is 18.2 Å². The van der Waals surface area contributed by atoms with E-state index in [4.69, 9.17) is 9.47 Å². The normalized spacial score (nSPS) is 12.7. The standard InChI is InChI=1S/C15H24O3/c1-4-7-17-8-9-18-11-15(16)14-6-5-12(2)13(3)10-14/h5-6,10,15-16H,4,7-9,11H2,1-3H3. The van der Waals surface area contributed by atoms with E-state index in [-0.39, 0.29) is 0 Å². The van der Waals surface area contributed by atoms with E-state index in [9.17, 15) is 5.11 Å². The molecular weight excluding hydrogens is 228 g/mol. The van der Waals surface area contributed by atoms with Crippen LogP contribution in [0, 0.1) is 13.8 Å². The zero-order valence-electron chi connectivity index (χ0n) is 11.6. The van der Waals surface area contributed by atoms with E-state index in [2.05, 4.69) is 13.8 Å². The molecule has 102 valence electrons. The highest BCUT2D eigenvalue weighted by Gasteiger charge is 2.08. The molecule has 18 heavy (non-hydrogen) atoms. The summed E-state index contributed by atoms with van der Waals surface area (Å²) in [7, 11) is 0. The fourth-order valence-electron chi connectivity index (χ4n) is 1.63. The summed E-state index contributed by atoms with van der Waals surface area (Å²) in [6, 6.07) is 5.99. The van der Waals surface area contributed by atoms with Crippen molar-refractivity contribution in [2.75, 3.05) is 26.4 Å². The SMILES string of the molecule is CCCOCCOCC(O)c1ccc(C)c(C)c1. The molecule has 0 aromatic heterocycles. The molecule has 0 bridgehead atoms. The monoisotopic (exact) mass is 252 g/mol. The van der Waals surface area contributed by atoms with Gasteiger partial charge in [-0.05, 0) is 37.0 Å². The van der Waals surface area contributed by atoms with Gasteiger partial charge in [-0.25, -0.2) is 0 Å². The van der Waals surface area contributed by atoms with Crippen molar-refractivity contribution in [2.45, 2.75) is 33.3 Å². The highest BCUT2D eigenvalue weighted by molar-refractivity contribution is 5.31. The second-order valence-corrected chi connectivity index (χ2v) is 4.55. The predicted molar refractivity (Wildman–Crippen MR) is 72.8 cm³/mol. The van der Waals surface area contributed by atoms with Crippen LogP contribution >= 0.6 is 0 Å². The zero-order valence-corrected chi connectivity index (χ0v) is 11.6. The van der Waals surface area contributed by atoms with Gasteiger partial charge in [0, 0.05) is 6.61 Å². The number of hydrogen-bond donors (Lipinski definition) is 1. The zero-order chi connectivity index (χ0) is 13.4. The number of rotatable bonds is 8. The van der Waals surface area contributed by atoms with E-state index < -0.39 is 6.10 Å². The van der Waals surface area contributed by atoms with Crippen molar-refractivity contribution in [2.24, 2.45) is 0 Å². The van der Waals surface area contributed by atoms with Crippen LogP contribution in [0.25, 0.3) is 0 Å². The molecule has 0 aliphatic heterocycles. The summed E-state index contributed by atoms with van der Waals surface area (Å²) in [4.78, 5) is 0. The van der Waals surface area contributed by atoms with E-state index in [0.29, 0.717) is 19.8 Å². The molecule has 0 radical (unpaired) electrons. The minimum absolute atomic E-state index is 0.317. The molecule has 0 fully saturated rings. The van der Waals surface area contributed by atoms with Crippen molar-refractivity contribution in [3.63, 3.8) is 0 Å². The first-order chi connectivity index (χ1) is 8.65. The summed E-state index contributed by atoms with van der Waals surface area (Å²) in [6.07, 6.45) is 0.459. The van der Waals surface area contributed by atoms with E-state index in [1.165, 1.54) is 11.1 Å². The summed E-state index contributed by atoms with van der Waals surface area (Å²) < 4.78 is 10.7. The molecule has 0 aliphatic carbocycles. The quantitative estimate of drug-likeness (QED) is 0.723. The first-order valence-corrected chi connectivity index (χ1v) is 6.55. The molecule has 3 heteroatoms. The average Bonchev–Trinajstić information content (AvgIpc) is 2.36. The Morgan fingerprint density at radius 1 is 1.06 bits per heavy atom. The van der Waals surface area contributed by atoms with Crippen LogP contribution in [0.5, 0.6) is 0 Å². The minimum Gasteiger partial charge on any atom is -0.386 e. The van der Waals surface area contributed by atoms with Gasteiger partial charge in [0.15, 0.2) is 0 Å². The number of ether oxygens (including phenoxy) is 2.